The van der Waals surface area contributed by atoms with Crippen molar-refractivity contribution in [2.24, 2.45) is 5.92 Å². The Kier molecular flexibility index (Phi) is 5.07. The molecule has 0 bridgehead atoms. The van der Waals surface area contributed by atoms with Gasteiger partial charge < -0.3 is 19.5 Å². The molecule has 5 heteroatoms. The van der Waals surface area contributed by atoms with E-state index in [1.54, 1.807) is 37.3 Å². The molecule has 1 heterocycles. The summed E-state index contributed by atoms with van der Waals surface area (Å²) in [5.74, 6) is 1.26. The summed E-state index contributed by atoms with van der Waals surface area (Å²) < 4.78 is 10.4. The average Bonchev–Trinajstić information content (AvgIpc) is 2.54. The molecule has 21 heavy (non-hydrogen) atoms. The number of hydrogen-bond acceptors (Lipinski definition) is 4. The first kappa shape index (κ1) is 15.6. The minimum absolute atomic E-state index is 0.0557. The number of methoxy groups -OCH3 is 2. The highest BCUT2D eigenvalue weighted by Crippen LogP contribution is 2.28. The Morgan fingerprint density at radius 2 is 2.14 bits per heavy atom. The van der Waals surface area contributed by atoms with Crippen LogP contribution in [0.4, 0.5) is 0 Å². The lowest BCUT2D eigenvalue weighted by Crippen LogP contribution is -2.45. The molecule has 2 rings (SSSR count). The van der Waals surface area contributed by atoms with E-state index in [4.69, 9.17) is 9.47 Å². The van der Waals surface area contributed by atoms with Crippen molar-refractivity contribution in [2.75, 3.05) is 27.3 Å². The van der Waals surface area contributed by atoms with Crippen LogP contribution in [0.2, 0.25) is 0 Å². The van der Waals surface area contributed by atoms with Crippen LogP contribution in [0.5, 0.6) is 11.5 Å². The van der Waals surface area contributed by atoms with Gasteiger partial charge in [-0.3, -0.25) is 4.79 Å². The van der Waals surface area contributed by atoms with Crippen molar-refractivity contribution >= 4 is 5.91 Å². The Morgan fingerprint density at radius 1 is 1.38 bits per heavy atom. The molecule has 1 aromatic rings. The molecule has 1 fully saturated rings. The molecular formula is C16H23NO4. The Bertz CT molecular complexity index is 503. The van der Waals surface area contributed by atoms with Crippen molar-refractivity contribution < 1.29 is 19.4 Å². The third kappa shape index (κ3) is 3.29. The number of aliphatic hydroxyl groups excluding tert-OH is 1. The van der Waals surface area contributed by atoms with Crippen molar-refractivity contribution in [3.8, 4) is 11.5 Å². The SMILES string of the molecule is CCC1CN(C(=O)c2ccc(OC)cc2OC)CCC1O. The van der Waals surface area contributed by atoms with Crippen molar-refractivity contribution in [3.05, 3.63) is 23.8 Å². The number of rotatable bonds is 4. The first-order valence-corrected chi connectivity index (χ1v) is 7.30. The molecule has 1 aromatic carbocycles. The van der Waals surface area contributed by atoms with Gasteiger partial charge in [0.1, 0.15) is 11.5 Å². The van der Waals surface area contributed by atoms with Crippen molar-refractivity contribution in [3.63, 3.8) is 0 Å². The van der Waals surface area contributed by atoms with E-state index in [1.165, 1.54) is 0 Å². The Hall–Kier alpha value is -1.75. The van der Waals surface area contributed by atoms with E-state index in [-0.39, 0.29) is 17.9 Å². The topological polar surface area (TPSA) is 59.0 Å². The van der Waals surface area contributed by atoms with Gasteiger partial charge in [0.05, 0.1) is 25.9 Å². The van der Waals surface area contributed by atoms with Crippen LogP contribution in [0.15, 0.2) is 18.2 Å². The monoisotopic (exact) mass is 293 g/mol. The average molecular weight is 293 g/mol. The van der Waals surface area contributed by atoms with Crippen LogP contribution < -0.4 is 9.47 Å². The number of benzene rings is 1. The molecule has 2 unspecified atom stereocenters. The van der Waals surface area contributed by atoms with E-state index in [0.717, 1.165) is 6.42 Å². The van der Waals surface area contributed by atoms with Crippen molar-refractivity contribution in [2.45, 2.75) is 25.9 Å². The largest absolute Gasteiger partial charge is 0.497 e. The van der Waals surface area contributed by atoms with Crippen molar-refractivity contribution in [1.29, 1.82) is 0 Å². The normalized spacial score (nSPS) is 22.0. The molecule has 1 amide bonds. The molecule has 1 saturated heterocycles. The Labute approximate surface area is 125 Å². The smallest absolute Gasteiger partial charge is 0.257 e. The second-order valence-corrected chi connectivity index (χ2v) is 5.34. The molecule has 1 N–H and O–H groups in total. The maximum Gasteiger partial charge on any atom is 0.257 e. The summed E-state index contributed by atoms with van der Waals surface area (Å²) in [5, 5.41) is 9.93. The third-order valence-corrected chi connectivity index (χ3v) is 4.14. The maximum atomic E-state index is 12.7. The van der Waals surface area contributed by atoms with Crippen LogP contribution in [0.3, 0.4) is 0 Å². The zero-order valence-electron chi connectivity index (χ0n) is 12.8. The van der Waals surface area contributed by atoms with Gasteiger partial charge in [0.15, 0.2) is 0 Å². The molecule has 0 saturated carbocycles. The third-order valence-electron chi connectivity index (χ3n) is 4.14. The number of amides is 1. The number of carbonyl (C=O) groups is 1. The maximum absolute atomic E-state index is 12.7. The highest BCUT2D eigenvalue weighted by molar-refractivity contribution is 5.97. The summed E-state index contributed by atoms with van der Waals surface area (Å²) in [7, 11) is 3.12. The highest BCUT2D eigenvalue weighted by atomic mass is 16.5. The molecular weight excluding hydrogens is 270 g/mol. The molecule has 0 aromatic heterocycles. The van der Waals surface area contributed by atoms with Gasteiger partial charge in [-0.25, -0.2) is 0 Å². The van der Waals surface area contributed by atoms with E-state index in [1.807, 2.05) is 6.92 Å². The van der Waals surface area contributed by atoms with Gasteiger partial charge in [0.25, 0.3) is 5.91 Å². The minimum atomic E-state index is -0.309. The van der Waals surface area contributed by atoms with Crippen molar-refractivity contribution in [1.82, 2.24) is 4.90 Å². The van der Waals surface area contributed by atoms with E-state index in [2.05, 4.69) is 0 Å². The fourth-order valence-corrected chi connectivity index (χ4v) is 2.75. The van der Waals surface area contributed by atoms with Gasteiger partial charge in [-0.1, -0.05) is 6.92 Å². The van der Waals surface area contributed by atoms with Crippen LogP contribution in [0.1, 0.15) is 30.1 Å². The van der Waals surface area contributed by atoms with E-state index >= 15 is 0 Å². The number of aliphatic hydroxyl groups is 1. The van der Waals surface area contributed by atoms with Gasteiger partial charge in [0.2, 0.25) is 0 Å². The number of likely N-dealkylation sites (tertiary alicyclic amines) is 1. The summed E-state index contributed by atoms with van der Waals surface area (Å²) in [5.41, 5.74) is 0.532. The van der Waals surface area contributed by atoms with Gasteiger partial charge in [-0.2, -0.15) is 0 Å². The van der Waals surface area contributed by atoms with E-state index in [9.17, 15) is 9.90 Å². The number of carbonyl (C=O) groups excluding carboxylic acids is 1. The predicted molar refractivity (Wildman–Crippen MR) is 79.9 cm³/mol. The fraction of sp³-hybridized carbons (Fsp3) is 0.562. The van der Waals surface area contributed by atoms with Crippen LogP contribution in [0.25, 0.3) is 0 Å². The lowest BCUT2D eigenvalue weighted by atomic mass is 9.92. The Morgan fingerprint density at radius 3 is 2.76 bits per heavy atom. The molecule has 1 aliphatic heterocycles. The van der Waals surface area contributed by atoms with Gasteiger partial charge in [0, 0.05) is 25.1 Å². The standard InChI is InChI=1S/C16H23NO4/c1-4-11-10-17(8-7-14(11)18)16(19)13-6-5-12(20-2)9-15(13)21-3/h5-6,9,11,14,18H,4,7-8,10H2,1-3H3. The second kappa shape index (κ2) is 6.80. The predicted octanol–water partition coefficient (Wildman–Crippen LogP) is 1.94. The summed E-state index contributed by atoms with van der Waals surface area (Å²) in [6, 6.07) is 5.20. The molecule has 1 aliphatic rings. The summed E-state index contributed by atoms with van der Waals surface area (Å²) >= 11 is 0. The summed E-state index contributed by atoms with van der Waals surface area (Å²) in [6.45, 7) is 3.20. The minimum Gasteiger partial charge on any atom is -0.497 e. The van der Waals surface area contributed by atoms with Gasteiger partial charge in [-0.05, 0) is 25.0 Å². The lowest BCUT2D eigenvalue weighted by Gasteiger charge is -2.36. The Balaban J connectivity index is 2.20. The van der Waals surface area contributed by atoms with Crippen LogP contribution in [-0.4, -0.2) is 49.3 Å². The second-order valence-electron chi connectivity index (χ2n) is 5.34. The summed E-state index contributed by atoms with van der Waals surface area (Å²) in [4.78, 5) is 14.5. The number of hydrogen-bond donors (Lipinski definition) is 1. The van der Waals surface area contributed by atoms with E-state index < -0.39 is 0 Å². The molecule has 2 atom stereocenters. The fourth-order valence-electron chi connectivity index (χ4n) is 2.75. The quantitative estimate of drug-likeness (QED) is 0.921. The van der Waals surface area contributed by atoms with Gasteiger partial charge in [-0.15, -0.1) is 0 Å². The van der Waals surface area contributed by atoms with Crippen LogP contribution in [-0.2, 0) is 0 Å². The number of ether oxygens (including phenoxy) is 2. The molecule has 0 aliphatic carbocycles. The number of piperidine rings is 1. The molecule has 0 radical (unpaired) electrons. The van der Waals surface area contributed by atoms with Crippen LogP contribution in [0, 0.1) is 5.92 Å². The molecule has 5 nitrogen and oxygen atoms in total. The summed E-state index contributed by atoms with van der Waals surface area (Å²) in [6.07, 6.45) is 1.18. The molecule has 116 valence electrons. The van der Waals surface area contributed by atoms with Crippen LogP contribution >= 0.6 is 0 Å². The van der Waals surface area contributed by atoms with Gasteiger partial charge >= 0.3 is 0 Å². The molecule has 0 spiro atoms. The lowest BCUT2D eigenvalue weighted by molar-refractivity contribution is 0.0227. The zero-order valence-corrected chi connectivity index (χ0v) is 12.8. The first-order chi connectivity index (χ1) is 10.1. The highest BCUT2D eigenvalue weighted by Gasteiger charge is 2.30. The van der Waals surface area contributed by atoms with E-state index in [0.29, 0.717) is 36.6 Å². The first-order valence-electron chi connectivity index (χ1n) is 7.30. The zero-order chi connectivity index (χ0) is 15.4. The number of nitrogens with zero attached hydrogens (tertiary/aromatic N) is 1.